The Hall–Kier alpha value is -1.61. The van der Waals surface area contributed by atoms with Crippen molar-refractivity contribution in [3.63, 3.8) is 0 Å². The second kappa shape index (κ2) is 3.64. The molecule has 1 aromatic carbocycles. The van der Waals surface area contributed by atoms with Gasteiger partial charge in [-0.1, -0.05) is 18.2 Å². The van der Waals surface area contributed by atoms with E-state index in [0.717, 1.165) is 10.4 Å². The maximum Gasteiger partial charge on any atom is 0.154 e. The van der Waals surface area contributed by atoms with Crippen LogP contribution >= 0.6 is 11.3 Å². The molecule has 0 unspecified atom stereocenters. The fraction of sp³-hybridized carbons (Fsp3) is 0. The molecule has 70 valence electrons. The van der Waals surface area contributed by atoms with Gasteiger partial charge in [-0.3, -0.25) is 4.79 Å². The molecule has 0 spiro atoms. The highest BCUT2D eigenvalue weighted by Gasteiger charge is 2.08. The normalized spacial score (nSPS) is 10.0. The summed E-state index contributed by atoms with van der Waals surface area (Å²) >= 11 is 1.54. The van der Waals surface area contributed by atoms with Gasteiger partial charge in [0.05, 0.1) is 5.56 Å². The van der Waals surface area contributed by atoms with Crippen LogP contribution in [0.4, 0.5) is 0 Å². The molecule has 0 saturated heterocycles. The summed E-state index contributed by atoms with van der Waals surface area (Å²) in [6.07, 6.45) is 0.685. The number of benzene rings is 1. The number of carbonyl (C=O) groups is 1. The first-order valence-corrected chi connectivity index (χ1v) is 5.02. The molecule has 0 saturated carbocycles. The number of rotatable bonds is 2. The van der Waals surface area contributed by atoms with Gasteiger partial charge in [0.15, 0.2) is 6.29 Å². The Labute approximate surface area is 85.4 Å². The summed E-state index contributed by atoms with van der Waals surface area (Å²) in [4.78, 5) is 11.8. The third-order valence-corrected chi connectivity index (χ3v) is 2.89. The van der Waals surface area contributed by atoms with E-state index in [0.29, 0.717) is 11.8 Å². The summed E-state index contributed by atoms with van der Waals surface area (Å²) in [7, 11) is 0. The van der Waals surface area contributed by atoms with Crippen LogP contribution in [-0.2, 0) is 0 Å². The zero-order valence-electron chi connectivity index (χ0n) is 7.31. The average Bonchev–Trinajstić information content (AvgIpc) is 2.70. The largest absolute Gasteiger partial charge is 0.507 e. The Morgan fingerprint density at radius 2 is 2.07 bits per heavy atom. The molecule has 2 nitrogen and oxygen atoms in total. The van der Waals surface area contributed by atoms with Crippen LogP contribution < -0.4 is 0 Å². The molecule has 1 heterocycles. The van der Waals surface area contributed by atoms with Crippen molar-refractivity contribution in [2.75, 3.05) is 0 Å². The molecule has 14 heavy (non-hydrogen) atoms. The van der Waals surface area contributed by atoms with Crippen molar-refractivity contribution in [3.05, 3.63) is 41.3 Å². The molecule has 0 aliphatic heterocycles. The first-order valence-electron chi connectivity index (χ1n) is 4.14. The van der Waals surface area contributed by atoms with E-state index < -0.39 is 0 Å². The lowest BCUT2D eigenvalue weighted by atomic mass is 10.1. The number of hydrogen-bond donors (Lipinski definition) is 1. The highest BCUT2D eigenvalue weighted by molar-refractivity contribution is 7.13. The van der Waals surface area contributed by atoms with Crippen molar-refractivity contribution in [1.82, 2.24) is 0 Å². The van der Waals surface area contributed by atoms with E-state index in [1.54, 1.807) is 17.4 Å². The van der Waals surface area contributed by atoms with Crippen molar-refractivity contribution in [2.45, 2.75) is 0 Å². The van der Waals surface area contributed by atoms with Gasteiger partial charge >= 0.3 is 0 Å². The van der Waals surface area contributed by atoms with E-state index in [-0.39, 0.29) is 5.75 Å². The highest BCUT2D eigenvalue weighted by Crippen LogP contribution is 2.31. The predicted molar refractivity (Wildman–Crippen MR) is 56.8 cm³/mol. The van der Waals surface area contributed by atoms with Crippen LogP contribution in [0.25, 0.3) is 10.4 Å². The van der Waals surface area contributed by atoms with Crippen LogP contribution in [0.1, 0.15) is 10.4 Å². The second-order valence-electron chi connectivity index (χ2n) is 2.83. The maximum atomic E-state index is 10.8. The minimum Gasteiger partial charge on any atom is -0.507 e. The monoisotopic (exact) mass is 204 g/mol. The number of phenols is 1. The molecule has 1 aromatic heterocycles. The van der Waals surface area contributed by atoms with Crippen molar-refractivity contribution in [3.8, 4) is 16.2 Å². The Morgan fingerprint density at radius 1 is 1.21 bits per heavy atom. The Morgan fingerprint density at radius 3 is 2.71 bits per heavy atom. The van der Waals surface area contributed by atoms with Gasteiger partial charge < -0.3 is 5.11 Å². The third-order valence-electron chi connectivity index (χ3n) is 1.99. The third kappa shape index (κ3) is 1.42. The molecule has 0 aliphatic carbocycles. The number of carbonyl (C=O) groups excluding carboxylic acids is 1. The lowest BCUT2D eigenvalue weighted by Gasteiger charge is -2.03. The fourth-order valence-electron chi connectivity index (χ4n) is 1.32. The number of aromatic hydroxyl groups is 1. The summed E-state index contributed by atoms with van der Waals surface area (Å²) < 4.78 is 0. The fourth-order valence-corrected chi connectivity index (χ4v) is 2.09. The van der Waals surface area contributed by atoms with E-state index in [4.69, 9.17) is 0 Å². The van der Waals surface area contributed by atoms with E-state index in [1.807, 2.05) is 23.6 Å². The molecule has 0 aliphatic rings. The Balaban J connectivity index is 2.64. The molecular formula is C11H8O2S. The molecule has 3 heteroatoms. The lowest BCUT2D eigenvalue weighted by Crippen LogP contribution is -1.85. The van der Waals surface area contributed by atoms with Gasteiger partial charge in [0, 0.05) is 10.4 Å². The van der Waals surface area contributed by atoms with E-state index in [1.165, 1.54) is 6.07 Å². The highest BCUT2D eigenvalue weighted by atomic mass is 32.1. The van der Waals surface area contributed by atoms with E-state index >= 15 is 0 Å². The Bertz CT molecular complexity index is 446. The molecule has 1 N–H and O–H groups in total. The summed E-state index contributed by atoms with van der Waals surface area (Å²) in [6, 6.07) is 8.92. The summed E-state index contributed by atoms with van der Waals surface area (Å²) in [5, 5.41) is 11.4. The van der Waals surface area contributed by atoms with Gasteiger partial charge in [0.2, 0.25) is 0 Å². The van der Waals surface area contributed by atoms with Gasteiger partial charge in [0.25, 0.3) is 0 Å². The predicted octanol–water partition coefficient (Wildman–Crippen LogP) is 2.93. The smallest absolute Gasteiger partial charge is 0.154 e. The van der Waals surface area contributed by atoms with Crippen LogP contribution in [0.3, 0.4) is 0 Å². The summed E-state index contributed by atoms with van der Waals surface area (Å²) in [5.74, 6) is 0.0332. The minimum atomic E-state index is 0.0332. The first-order chi connectivity index (χ1) is 6.83. The molecule has 2 aromatic rings. The maximum absolute atomic E-state index is 10.8. The van der Waals surface area contributed by atoms with Gasteiger partial charge in [-0.25, -0.2) is 0 Å². The summed E-state index contributed by atoms with van der Waals surface area (Å²) in [5.41, 5.74) is 1.14. The van der Waals surface area contributed by atoms with E-state index in [9.17, 15) is 9.90 Å². The van der Waals surface area contributed by atoms with Gasteiger partial charge in [0.1, 0.15) is 5.75 Å². The van der Waals surface area contributed by atoms with Crippen molar-refractivity contribution < 1.29 is 9.90 Å². The van der Waals surface area contributed by atoms with Crippen LogP contribution in [0, 0.1) is 0 Å². The molecular weight excluding hydrogens is 196 g/mol. The van der Waals surface area contributed by atoms with Crippen LogP contribution in [0.15, 0.2) is 35.7 Å². The van der Waals surface area contributed by atoms with Crippen molar-refractivity contribution >= 4 is 17.6 Å². The van der Waals surface area contributed by atoms with Gasteiger partial charge in [-0.2, -0.15) is 0 Å². The average molecular weight is 204 g/mol. The van der Waals surface area contributed by atoms with E-state index in [2.05, 4.69) is 0 Å². The molecule has 2 rings (SSSR count). The summed E-state index contributed by atoms with van der Waals surface area (Å²) in [6.45, 7) is 0. The number of phenolic OH excluding ortho intramolecular Hbond substituents is 1. The quantitative estimate of drug-likeness (QED) is 0.763. The lowest BCUT2D eigenvalue weighted by molar-refractivity contribution is 0.112. The molecule has 0 radical (unpaired) electrons. The zero-order valence-corrected chi connectivity index (χ0v) is 8.12. The SMILES string of the molecule is O=Cc1c(O)cccc1-c1cccs1. The number of thiophene rings is 1. The molecule has 0 bridgehead atoms. The molecule has 0 atom stereocenters. The van der Waals surface area contributed by atoms with Crippen molar-refractivity contribution in [1.29, 1.82) is 0 Å². The van der Waals surface area contributed by atoms with Gasteiger partial charge in [-0.15, -0.1) is 11.3 Å². The topological polar surface area (TPSA) is 37.3 Å². The first kappa shape index (κ1) is 8.97. The second-order valence-corrected chi connectivity index (χ2v) is 3.78. The van der Waals surface area contributed by atoms with Crippen LogP contribution in [0.5, 0.6) is 5.75 Å². The van der Waals surface area contributed by atoms with Crippen LogP contribution in [-0.4, -0.2) is 11.4 Å². The van der Waals surface area contributed by atoms with Crippen molar-refractivity contribution in [2.24, 2.45) is 0 Å². The standard InChI is InChI=1S/C11H8O2S/c12-7-9-8(3-1-4-10(9)13)11-5-2-6-14-11/h1-7,13H. The molecule has 0 fully saturated rings. The van der Waals surface area contributed by atoms with Crippen LogP contribution in [0.2, 0.25) is 0 Å². The molecule has 0 amide bonds. The number of aldehydes is 1. The van der Waals surface area contributed by atoms with Gasteiger partial charge in [-0.05, 0) is 17.5 Å². The Kier molecular flexibility index (Phi) is 2.33. The minimum absolute atomic E-state index is 0.0332. The number of hydrogen-bond acceptors (Lipinski definition) is 3. The zero-order chi connectivity index (χ0) is 9.97.